The smallest absolute Gasteiger partial charge is 0.269 e. The molecule has 0 unspecified atom stereocenters. The number of carbonyl (C=O) groups excluding carboxylic acids is 2. The van der Waals surface area contributed by atoms with Crippen molar-refractivity contribution in [3.05, 3.63) is 64.2 Å². The summed E-state index contributed by atoms with van der Waals surface area (Å²) < 4.78 is 5.51. The Balaban J connectivity index is 1.68. The van der Waals surface area contributed by atoms with Crippen molar-refractivity contribution >= 4 is 35.0 Å². The third kappa shape index (κ3) is 5.89. The molecule has 1 aliphatic rings. The van der Waals surface area contributed by atoms with Gasteiger partial charge < -0.3 is 19.9 Å². The van der Waals surface area contributed by atoms with E-state index in [9.17, 15) is 19.7 Å². The Morgan fingerprint density at radius 1 is 1.26 bits per heavy atom. The Labute approximate surface area is 180 Å². The van der Waals surface area contributed by atoms with E-state index < -0.39 is 4.92 Å². The summed E-state index contributed by atoms with van der Waals surface area (Å²) in [5, 5.41) is 13.5. The van der Waals surface area contributed by atoms with Crippen LogP contribution in [0, 0.1) is 10.1 Å². The van der Waals surface area contributed by atoms with Crippen molar-refractivity contribution in [1.29, 1.82) is 0 Å². The second kappa shape index (κ2) is 9.86. The van der Waals surface area contributed by atoms with E-state index in [1.807, 2.05) is 14.1 Å². The summed E-state index contributed by atoms with van der Waals surface area (Å²) in [4.78, 5) is 38.6. The lowest BCUT2D eigenvalue weighted by Crippen LogP contribution is -2.40. The van der Waals surface area contributed by atoms with Crippen molar-refractivity contribution in [3.63, 3.8) is 0 Å². The van der Waals surface area contributed by atoms with E-state index >= 15 is 0 Å². The van der Waals surface area contributed by atoms with Crippen LogP contribution in [0.1, 0.15) is 12.0 Å². The van der Waals surface area contributed by atoms with Gasteiger partial charge in [-0.05, 0) is 69.0 Å². The van der Waals surface area contributed by atoms with Crippen molar-refractivity contribution in [1.82, 2.24) is 4.90 Å². The molecule has 3 rings (SSSR count). The molecule has 0 fully saturated rings. The van der Waals surface area contributed by atoms with Crippen LogP contribution in [0.15, 0.2) is 48.5 Å². The minimum absolute atomic E-state index is 0.00134. The Kier molecular flexibility index (Phi) is 6.99. The fourth-order valence-electron chi connectivity index (χ4n) is 3.13. The molecule has 0 saturated carbocycles. The van der Waals surface area contributed by atoms with Gasteiger partial charge in [-0.3, -0.25) is 19.7 Å². The predicted octanol–water partition coefficient (Wildman–Crippen LogP) is 2.92. The number of nitrogens with zero attached hydrogens (tertiary/aromatic N) is 3. The standard InChI is InChI=1S/C22H24N4O5/c1-24(2)12-3-13-25-19-14-17(7-10-20(19)31-15-22(25)28)23-21(27)11-6-16-4-8-18(9-5-16)26(29)30/h4-11,14H,3,12-13,15H2,1-2H3,(H,23,27)/b11-6+. The maximum atomic E-state index is 12.3. The van der Waals surface area contributed by atoms with Crippen molar-refractivity contribution < 1.29 is 19.2 Å². The minimum Gasteiger partial charge on any atom is -0.482 e. The molecule has 9 nitrogen and oxygen atoms in total. The number of hydrogen-bond donors (Lipinski definition) is 1. The first-order valence-electron chi connectivity index (χ1n) is 9.79. The molecule has 9 heteroatoms. The number of ether oxygens (including phenoxy) is 1. The van der Waals surface area contributed by atoms with E-state index in [1.54, 1.807) is 41.3 Å². The SMILES string of the molecule is CN(C)CCCN1C(=O)COc2ccc(NC(=O)/C=C/c3ccc([N+](=O)[O-])cc3)cc21. The van der Waals surface area contributed by atoms with Crippen LogP contribution in [0.5, 0.6) is 5.75 Å². The molecule has 2 aromatic rings. The monoisotopic (exact) mass is 424 g/mol. The molecule has 0 bridgehead atoms. The first-order chi connectivity index (χ1) is 14.8. The predicted molar refractivity (Wildman–Crippen MR) is 118 cm³/mol. The third-order valence-corrected chi connectivity index (χ3v) is 4.69. The van der Waals surface area contributed by atoms with E-state index in [0.717, 1.165) is 13.0 Å². The van der Waals surface area contributed by atoms with Crippen LogP contribution in [0.25, 0.3) is 6.08 Å². The van der Waals surface area contributed by atoms with Gasteiger partial charge >= 0.3 is 0 Å². The van der Waals surface area contributed by atoms with Crippen LogP contribution in [-0.4, -0.2) is 55.4 Å². The first kappa shape index (κ1) is 22.0. The highest BCUT2D eigenvalue weighted by atomic mass is 16.6. The molecule has 0 atom stereocenters. The summed E-state index contributed by atoms with van der Waals surface area (Å²) in [7, 11) is 3.96. The molecular weight excluding hydrogens is 400 g/mol. The number of nitrogens with one attached hydrogen (secondary N) is 1. The highest BCUT2D eigenvalue weighted by molar-refractivity contribution is 6.03. The third-order valence-electron chi connectivity index (χ3n) is 4.69. The number of carbonyl (C=O) groups is 2. The Morgan fingerprint density at radius 2 is 2.00 bits per heavy atom. The van der Waals surface area contributed by atoms with Gasteiger partial charge in [0, 0.05) is 30.4 Å². The van der Waals surface area contributed by atoms with Crippen LogP contribution in [0.3, 0.4) is 0 Å². The van der Waals surface area contributed by atoms with Gasteiger partial charge in [-0.15, -0.1) is 0 Å². The number of benzene rings is 2. The molecule has 0 saturated heterocycles. The highest BCUT2D eigenvalue weighted by Crippen LogP contribution is 2.34. The molecule has 1 aliphatic heterocycles. The molecule has 0 spiro atoms. The lowest BCUT2D eigenvalue weighted by molar-refractivity contribution is -0.384. The van der Waals surface area contributed by atoms with Crippen LogP contribution in [0.4, 0.5) is 17.1 Å². The van der Waals surface area contributed by atoms with Gasteiger partial charge in [0.05, 0.1) is 10.6 Å². The van der Waals surface area contributed by atoms with Crippen molar-refractivity contribution in [2.24, 2.45) is 0 Å². The number of nitro benzene ring substituents is 1. The van der Waals surface area contributed by atoms with E-state index in [4.69, 9.17) is 4.74 Å². The summed E-state index contributed by atoms with van der Waals surface area (Å²) in [5.74, 6) is 0.122. The number of hydrogen-bond acceptors (Lipinski definition) is 6. The molecular formula is C22H24N4O5. The summed E-state index contributed by atoms with van der Waals surface area (Å²) >= 11 is 0. The summed E-state index contributed by atoms with van der Waals surface area (Å²) in [5.41, 5.74) is 1.82. The Bertz CT molecular complexity index is 1000. The highest BCUT2D eigenvalue weighted by Gasteiger charge is 2.25. The topological polar surface area (TPSA) is 105 Å². The van der Waals surface area contributed by atoms with Gasteiger partial charge in [0.2, 0.25) is 5.91 Å². The second-order valence-corrected chi connectivity index (χ2v) is 7.34. The summed E-state index contributed by atoms with van der Waals surface area (Å²) in [6.45, 7) is 1.41. The number of nitro groups is 1. The van der Waals surface area contributed by atoms with E-state index in [-0.39, 0.29) is 24.1 Å². The lowest BCUT2D eigenvalue weighted by Gasteiger charge is -2.30. The number of fused-ring (bicyclic) bond motifs is 1. The summed E-state index contributed by atoms with van der Waals surface area (Å²) in [6.07, 6.45) is 3.72. The second-order valence-electron chi connectivity index (χ2n) is 7.34. The normalized spacial score (nSPS) is 13.3. The molecule has 0 aliphatic carbocycles. The first-order valence-corrected chi connectivity index (χ1v) is 9.79. The van der Waals surface area contributed by atoms with Gasteiger partial charge in [0.25, 0.3) is 11.6 Å². The Hall–Kier alpha value is -3.72. The number of non-ortho nitro benzene ring substituents is 1. The molecule has 2 aromatic carbocycles. The molecule has 1 heterocycles. The zero-order valence-corrected chi connectivity index (χ0v) is 17.4. The van der Waals surface area contributed by atoms with Crippen molar-refractivity contribution in [2.75, 3.05) is 44.0 Å². The van der Waals surface area contributed by atoms with E-state index in [0.29, 0.717) is 29.2 Å². The van der Waals surface area contributed by atoms with Gasteiger partial charge in [0.15, 0.2) is 6.61 Å². The van der Waals surface area contributed by atoms with E-state index in [2.05, 4.69) is 10.2 Å². The van der Waals surface area contributed by atoms with Crippen LogP contribution in [-0.2, 0) is 9.59 Å². The maximum absolute atomic E-state index is 12.3. The quantitative estimate of drug-likeness (QED) is 0.397. The molecule has 2 amide bonds. The molecule has 162 valence electrons. The Morgan fingerprint density at radius 3 is 2.68 bits per heavy atom. The van der Waals surface area contributed by atoms with Gasteiger partial charge in [-0.25, -0.2) is 0 Å². The molecule has 31 heavy (non-hydrogen) atoms. The zero-order valence-electron chi connectivity index (χ0n) is 17.4. The van der Waals surface area contributed by atoms with Crippen molar-refractivity contribution in [3.8, 4) is 5.75 Å². The molecule has 1 N–H and O–H groups in total. The van der Waals surface area contributed by atoms with Gasteiger partial charge in [-0.1, -0.05) is 0 Å². The largest absolute Gasteiger partial charge is 0.482 e. The fraction of sp³-hybridized carbons (Fsp3) is 0.273. The van der Waals surface area contributed by atoms with Gasteiger partial charge in [0.1, 0.15) is 5.75 Å². The number of anilines is 2. The van der Waals surface area contributed by atoms with E-state index in [1.165, 1.54) is 18.2 Å². The number of rotatable bonds is 8. The molecule has 0 radical (unpaired) electrons. The average Bonchev–Trinajstić information content (AvgIpc) is 2.74. The lowest BCUT2D eigenvalue weighted by atomic mass is 10.2. The number of amides is 2. The van der Waals surface area contributed by atoms with Crippen LogP contribution >= 0.6 is 0 Å². The zero-order chi connectivity index (χ0) is 22.4. The fourth-order valence-corrected chi connectivity index (χ4v) is 3.13. The van der Waals surface area contributed by atoms with Gasteiger partial charge in [-0.2, -0.15) is 0 Å². The summed E-state index contributed by atoms with van der Waals surface area (Å²) in [6, 6.07) is 11.1. The molecule has 0 aromatic heterocycles. The average molecular weight is 424 g/mol. The minimum atomic E-state index is -0.478. The van der Waals surface area contributed by atoms with Crippen LogP contribution in [0.2, 0.25) is 0 Å². The maximum Gasteiger partial charge on any atom is 0.269 e. The van der Waals surface area contributed by atoms with Crippen molar-refractivity contribution in [2.45, 2.75) is 6.42 Å². The van der Waals surface area contributed by atoms with Crippen LogP contribution < -0.4 is 15.0 Å².